The summed E-state index contributed by atoms with van der Waals surface area (Å²) in [7, 11) is 0. The standard InChI is InChI=1S/C35H57N11O10/c1-18(2)16-24(45-33(54)28(19(3)47)46-29(50)21(36)11-13-26(37)48)31(52)42-22(12-14-27(38)49)30(51)44-25(17-20-8-5-4-6-9-20)32(53)43-23(34(55)56)10-7-15-41-35(39)40/h4-6,8-9,18-19,21-25,28,47H,7,10-17,36H2,1-3H3,(H2,37,48)(H2,38,49)(H,42,52)(H,43,53)(H,44,51)(H,45,54)(H,46,50)(H,55,56)(H4,39,40,41)/t19-,21+,22+,23+,24+,25+,28+/m1/s1. The molecule has 0 aromatic heterocycles. The molecule has 56 heavy (non-hydrogen) atoms. The molecule has 0 radical (unpaired) electrons. The third kappa shape index (κ3) is 19.0. The number of primary amides is 2. The fourth-order valence-electron chi connectivity index (χ4n) is 5.25. The number of aliphatic hydroxyl groups excluding tert-OH is 1. The number of carboxylic acids is 1. The third-order valence-electron chi connectivity index (χ3n) is 8.23. The minimum atomic E-state index is -1.59. The zero-order valence-electron chi connectivity index (χ0n) is 31.9. The van der Waals surface area contributed by atoms with Gasteiger partial charge in [-0.3, -0.25) is 38.6 Å². The lowest BCUT2D eigenvalue weighted by Gasteiger charge is -2.28. The van der Waals surface area contributed by atoms with Gasteiger partial charge in [-0.15, -0.1) is 0 Å². The monoisotopic (exact) mass is 791 g/mol. The molecule has 0 heterocycles. The fraction of sp³-hybridized carbons (Fsp3) is 0.571. The average Bonchev–Trinajstić information content (AvgIpc) is 3.11. The highest BCUT2D eigenvalue weighted by molar-refractivity contribution is 5.96. The molecule has 312 valence electrons. The van der Waals surface area contributed by atoms with Crippen LogP contribution in [0.5, 0.6) is 0 Å². The van der Waals surface area contributed by atoms with Gasteiger partial charge in [-0.2, -0.15) is 0 Å². The van der Waals surface area contributed by atoms with E-state index in [4.69, 9.17) is 28.7 Å². The lowest BCUT2D eigenvalue weighted by atomic mass is 10.0. The van der Waals surface area contributed by atoms with Gasteiger partial charge in [0, 0.05) is 25.8 Å². The molecule has 7 amide bonds. The number of nitrogens with one attached hydrogen (secondary N) is 5. The maximum atomic E-state index is 13.8. The summed E-state index contributed by atoms with van der Waals surface area (Å²) in [5, 5.41) is 32.4. The molecule has 0 spiro atoms. The van der Waals surface area contributed by atoms with Crippen molar-refractivity contribution in [1.29, 1.82) is 0 Å². The van der Waals surface area contributed by atoms with Gasteiger partial charge in [-0.25, -0.2) is 4.79 Å². The number of hydrogen-bond donors (Lipinski definition) is 12. The van der Waals surface area contributed by atoms with Crippen LogP contribution >= 0.6 is 0 Å². The number of carboxylic acid groups (broad SMARTS) is 1. The first-order valence-corrected chi connectivity index (χ1v) is 18.1. The second-order valence-corrected chi connectivity index (χ2v) is 13.7. The Kier molecular flexibility index (Phi) is 21.1. The minimum Gasteiger partial charge on any atom is -0.480 e. The number of rotatable bonds is 26. The summed E-state index contributed by atoms with van der Waals surface area (Å²) in [6.45, 7) is 4.81. The number of aliphatic hydroxyl groups is 1. The molecular formula is C35H57N11O10. The van der Waals surface area contributed by atoms with Crippen molar-refractivity contribution in [1.82, 2.24) is 26.6 Å². The molecular weight excluding hydrogens is 734 g/mol. The Balaban J connectivity index is 3.33. The molecule has 1 aromatic carbocycles. The molecule has 0 aliphatic rings. The SMILES string of the molecule is CC(C)C[C@H](NC(=O)[C@@H](NC(=O)[C@@H](N)CCC(N)=O)[C@@H](C)O)C(=O)N[C@@H](CCC(N)=O)C(=O)N[C@@H](Cc1ccccc1)C(=O)N[C@@H](CCCN=C(N)N)C(=O)O. The van der Waals surface area contributed by atoms with Crippen molar-refractivity contribution in [2.24, 2.45) is 39.6 Å². The van der Waals surface area contributed by atoms with Gasteiger partial charge in [0.05, 0.1) is 12.1 Å². The van der Waals surface area contributed by atoms with Crippen LogP contribution in [0.1, 0.15) is 71.3 Å². The fourth-order valence-corrected chi connectivity index (χ4v) is 5.25. The van der Waals surface area contributed by atoms with Crippen molar-refractivity contribution >= 4 is 53.3 Å². The van der Waals surface area contributed by atoms with Crippen molar-refractivity contribution in [3.05, 3.63) is 35.9 Å². The number of hydrogen-bond acceptors (Lipinski definition) is 11. The first-order chi connectivity index (χ1) is 26.2. The number of nitrogens with zero attached hydrogens (tertiary/aromatic N) is 1. The van der Waals surface area contributed by atoms with Crippen LogP contribution in [0.25, 0.3) is 0 Å². The Hall–Kier alpha value is -5.83. The number of guanidine groups is 1. The van der Waals surface area contributed by atoms with Gasteiger partial charge in [0.2, 0.25) is 41.4 Å². The highest BCUT2D eigenvalue weighted by Crippen LogP contribution is 2.11. The molecule has 0 saturated heterocycles. The Morgan fingerprint density at radius 1 is 0.661 bits per heavy atom. The Bertz CT molecular complexity index is 1540. The van der Waals surface area contributed by atoms with Gasteiger partial charge >= 0.3 is 5.97 Å². The van der Waals surface area contributed by atoms with Crippen molar-refractivity contribution in [2.75, 3.05) is 6.54 Å². The van der Waals surface area contributed by atoms with Gasteiger partial charge in [0.1, 0.15) is 30.2 Å². The van der Waals surface area contributed by atoms with E-state index < -0.39 is 89.7 Å². The van der Waals surface area contributed by atoms with E-state index in [-0.39, 0.29) is 69.8 Å². The van der Waals surface area contributed by atoms with E-state index in [9.17, 15) is 48.6 Å². The van der Waals surface area contributed by atoms with E-state index in [1.165, 1.54) is 6.92 Å². The number of nitrogens with two attached hydrogens (primary N) is 5. The summed E-state index contributed by atoms with van der Waals surface area (Å²) >= 11 is 0. The van der Waals surface area contributed by atoms with Crippen LogP contribution in [0.3, 0.4) is 0 Å². The van der Waals surface area contributed by atoms with Crippen LogP contribution in [0, 0.1) is 5.92 Å². The van der Waals surface area contributed by atoms with Gasteiger partial charge in [-0.1, -0.05) is 44.2 Å². The van der Waals surface area contributed by atoms with Gasteiger partial charge in [0.15, 0.2) is 5.96 Å². The summed E-state index contributed by atoms with van der Waals surface area (Å²) in [6.07, 6.45) is -2.43. The number of benzene rings is 1. The highest BCUT2D eigenvalue weighted by Gasteiger charge is 2.34. The summed E-state index contributed by atoms with van der Waals surface area (Å²) in [5.41, 5.74) is 27.5. The first-order valence-electron chi connectivity index (χ1n) is 18.1. The van der Waals surface area contributed by atoms with E-state index in [1.54, 1.807) is 44.2 Å². The molecule has 1 aromatic rings. The summed E-state index contributed by atoms with van der Waals surface area (Å²) in [6, 6.07) is 0.0822. The molecule has 0 bridgehead atoms. The van der Waals surface area contributed by atoms with Gasteiger partial charge in [-0.05, 0) is 50.5 Å². The highest BCUT2D eigenvalue weighted by atomic mass is 16.4. The Morgan fingerprint density at radius 3 is 1.71 bits per heavy atom. The molecule has 1 rings (SSSR count). The van der Waals surface area contributed by atoms with Crippen molar-refractivity contribution < 1.29 is 48.6 Å². The van der Waals surface area contributed by atoms with E-state index in [1.807, 2.05) is 0 Å². The second-order valence-electron chi connectivity index (χ2n) is 13.7. The second kappa shape index (κ2) is 24.6. The van der Waals surface area contributed by atoms with E-state index in [2.05, 4.69) is 31.6 Å². The average molecular weight is 792 g/mol. The number of carbonyl (C=O) groups is 8. The predicted molar refractivity (Wildman–Crippen MR) is 203 cm³/mol. The molecule has 0 fully saturated rings. The first kappa shape index (κ1) is 48.2. The number of amides is 7. The van der Waals surface area contributed by atoms with Crippen molar-refractivity contribution in [2.45, 2.75) is 114 Å². The smallest absolute Gasteiger partial charge is 0.326 e. The maximum Gasteiger partial charge on any atom is 0.326 e. The third-order valence-corrected chi connectivity index (χ3v) is 8.23. The number of carbonyl (C=O) groups excluding carboxylic acids is 7. The van der Waals surface area contributed by atoms with E-state index in [0.717, 1.165) is 0 Å². The minimum absolute atomic E-state index is 0.0130. The zero-order valence-corrected chi connectivity index (χ0v) is 31.9. The number of aliphatic carboxylic acids is 1. The van der Waals surface area contributed by atoms with Crippen molar-refractivity contribution in [3.63, 3.8) is 0 Å². The van der Waals surface area contributed by atoms with Crippen LogP contribution in [0.2, 0.25) is 0 Å². The van der Waals surface area contributed by atoms with E-state index >= 15 is 0 Å². The van der Waals surface area contributed by atoms with Gasteiger partial charge < -0.3 is 65.5 Å². The quantitative estimate of drug-likeness (QED) is 0.0243. The van der Waals surface area contributed by atoms with Crippen LogP contribution in [-0.4, -0.2) is 112 Å². The van der Waals surface area contributed by atoms with Crippen molar-refractivity contribution in [3.8, 4) is 0 Å². The van der Waals surface area contributed by atoms with Crippen LogP contribution in [0.4, 0.5) is 0 Å². The Morgan fingerprint density at radius 2 is 1.18 bits per heavy atom. The summed E-state index contributed by atoms with van der Waals surface area (Å²) < 4.78 is 0. The number of aliphatic imine (C=N–C) groups is 1. The van der Waals surface area contributed by atoms with Crippen LogP contribution < -0.4 is 55.3 Å². The summed E-state index contributed by atoms with van der Waals surface area (Å²) in [4.78, 5) is 106. The largest absolute Gasteiger partial charge is 0.480 e. The molecule has 0 aliphatic heterocycles. The maximum absolute atomic E-state index is 13.8. The molecule has 21 nitrogen and oxygen atoms in total. The van der Waals surface area contributed by atoms with Crippen LogP contribution in [0.15, 0.2) is 35.3 Å². The normalized spacial score (nSPS) is 14.7. The van der Waals surface area contributed by atoms with E-state index in [0.29, 0.717) is 5.56 Å². The topological polar surface area (TPSA) is 380 Å². The molecule has 17 N–H and O–H groups in total. The molecule has 21 heteroatoms. The lowest BCUT2D eigenvalue weighted by molar-refractivity contribution is -0.142. The summed E-state index contributed by atoms with van der Waals surface area (Å²) in [5.74, 6) is -7.76. The Labute approximate surface area is 324 Å². The molecule has 0 saturated carbocycles. The lowest BCUT2D eigenvalue weighted by Crippen LogP contribution is -2.61. The van der Waals surface area contributed by atoms with Gasteiger partial charge in [0.25, 0.3) is 0 Å². The van der Waals surface area contributed by atoms with Crippen LogP contribution in [-0.2, 0) is 44.8 Å². The predicted octanol–water partition coefficient (Wildman–Crippen LogP) is -3.92. The zero-order chi connectivity index (χ0) is 42.5. The molecule has 0 aliphatic carbocycles. The molecule has 7 atom stereocenters. The molecule has 0 unspecified atom stereocenters.